The summed E-state index contributed by atoms with van der Waals surface area (Å²) in [6, 6.07) is -0.412. The van der Waals surface area contributed by atoms with Crippen molar-refractivity contribution in [3.8, 4) is 0 Å². The van der Waals surface area contributed by atoms with Gasteiger partial charge in [0.2, 0.25) is 5.91 Å². The Labute approximate surface area is 188 Å². The molecule has 1 amide bonds. The molecule has 0 radical (unpaired) electrons. The number of fused-ring (bicyclic) bond motifs is 1. The summed E-state index contributed by atoms with van der Waals surface area (Å²) >= 11 is 1.50. The highest BCUT2D eigenvalue weighted by Gasteiger charge is 2.33. The van der Waals surface area contributed by atoms with Gasteiger partial charge >= 0.3 is 11.9 Å². The van der Waals surface area contributed by atoms with Crippen molar-refractivity contribution in [2.24, 2.45) is 11.8 Å². The molecule has 7 nitrogen and oxygen atoms in total. The van der Waals surface area contributed by atoms with Crippen molar-refractivity contribution in [1.82, 2.24) is 4.90 Å². The Bertz CT molecular complexity index is 821. The van der Waals surface area contributed by atoms with Gasteiger partial charge in [0, 0.05) is 11.4 Å². The summed E-state index contributed by atoms with van der Waals surface area (Å²) in [5, 5.41) is 3.60. The van der Waals surface area contributed by atoms with Crippen LogP contribution in [0, 0.1) is 11.8 Å². The third-order valence-electron chi connectivity index (χ3n) is 6.23. The maximum absolute atomic E-state index is 13.1. The van der Waals surface area contributed by atoms with Crippen LogP contribution in [-0.2, 0) is 31.9 Å². The molecule has 1 N–H and O–H groups in total. The molecule has 0 spiro atoms. The molecule has 0 saturated carbocycles. The van der Waals surface area contributed by atoms with Crippen molar-refractivity contribution >= 4 is 34.2 Å². The second kappa shape index (κ2) is 10.6. The van der Waals surface area contributed by atoms with Crippen LogP contribution in [0.2, 0.25) is 0 Å². The molecule has 1 aliphatic carbocycles. The van der Waals surface area contributed by atoms with Gasteiger partial charge in [-0.05, 0) is 70.9 Å². The van der Waals surface area contributed by atoms with E-state index in [2.05, 4.69) is 12.2 Å². The third kappa shape index (κ3) is 5.47. The summed E-state index contributed by atoms with van der Waals surface area (Å²) in [6.07, 6.45) is 4.42. The summed E-state index contributed by atoms with van der Waals surface area (Å²) in [5.74, 6) is -0.351. The van der Waals surface area contributed by atoms with Crippen LogP contribution in [-0.4, -0.2) is 55.1 Å². The largest absolute Gasteiger partial charge is 0.466 e. The van der Waals surface area contributed by atoms with Crippen molar-refractivity contribution in [2.75, 3.05) is 31.6 Å². The fraction of sp³-hybridized carbons (Fsp3) is 0.696. The fourth-order valence-corrected chi connectivity index (χ4v) is 5.85. The first-order chi connectivity index (χ1) is 14.8. The number of nitrogens with zero attached hydrogens (tertiary/aromatic N) is 1. The second-order valence-electron chi connectivity index (χ2n) is 8.53. The summed E-state index contributed by atoms with van der Waals surface area (Å²) < 4.78 is 10.5. The first-order valence-electron chi connectivity index (χ1n) is 11.4. The zero-order chi connectivity index (χ0) is 22.5. The van der Waals surface area contributed by atoms with Crippen molar-refractivity contribution in [1.29, 1.82) is 0 Å². The molecular formula is C23H34N2O5S. The number of carbonyl (C=O) groups excluding carboxylic acids is 3. The number of esters is 2. The normalized spacial score (nSPS) is 22.3. The molecule has 2 heterocycles. The molecule has 31 heavy (non-hydrogen) atoms. The molecule has 1 aromatic rings. The predicted molar refractivity (Wildman–Crippen MR) is 120 cm³/mol. The molecule has 3 rings (SSSR count). The first-order valence-corrected chi connectivity index (χ1v) is 12.2. The van der Waals surface area contributed by atoms with Gasteiger partial charge in [-0.3, -0.25) is 14.5 Å². The number of amides is 1. The molecule has 1 fully saturated rings. The summed E-state index contributed by atoms with van der Waals surface area (Å²) in [5.41, 5.74) is 1.56. The van der Waals surface area contributed by atoms with Gasteiger partial charge in [0.25, 0.3) is 0 Å². The smallest absolute Gasteiger partial charge is 0.341 e. The minimum absolute atomic E-state index is 0.165. The molecule has 172 valence electrons. The minimum atomic E-state index is -0.412. The number of hydrogen-bond acceptors (Lipinski definition) is 7. The van der Waals surface area contributed by atoms with Gasteiger partial charge in [-0.2, -0.15) is 0 Å². The Hall–Kier alpha value is -1.93. The third-order valence-corrected chi connectivity index (χ3v) is 7.40. The maximum Gasteiger partial charge on any atom is 0.341 e. The van der Waals surface area contributed by atoms with E-state index >= 15 is 0 Å². The van der Waals surface area contributed by atoms with E-state index < -0.39 is 6.04 Å². The van der Waals surface area contributed by atoms with E-state index in [0.29, 0.717) is 36.2 Å². The van der Waals surface area contributed by atoms with Gasteiger partial charge in [0.05, 0.1) is 30.7 Å². The number of thiophene rings is 1. The molecule has 0 aromatic carbocycles. The second-order valence-corrected chi connectivity index (χ2v) is 9.63. The number of piperidine rings is 1. The van der Waals surface area contributed by atoms with Crippen LogP contribution in [0.3, 0.4) is 0 Å². The number of anilines is 1. The lowest BCUT2D eigenvalue weighted by Gasteiger charge is -2.35. The monoisotopic (exact) mass is 450 g/mol. The zero-order valence-corrected chi connectivity index (χ0v) is 19.8. The van der Waals surface area contributed by atoms with E-state index in [0.717, 1.165) is 44.2 Å². The molecule has 1 aliphatic heterocycles. The van der Waals surface area contributed by atoms with Crippen LogP contribution in [0.5, 0.6) is 0 Å². The van der Waals surface area contributed by atoms with Crippen molar-refractivity contribution in [3.63, 3.8) is 0 Å². The molecule has 1 saturated heterocycles. The Morgan fingerprint density at radius 2 is 1.94 bits per heavy atom. The minimum Gasteiger partial charge on any atom is -0.466 e. The summed E-state index contributed by atoms with van der Waals surface area (Å²) in [4.78, 5) is 41.1. The standard InChI is InChI=1S/C23H34N2O5S/c1-5-29-22(27)16-8-7-11-25(13-16)15(4)20(26)24-21-19(23(28)30-6-2)17-10-9-14(3)12-18(17)31-21/h14-16H,5-13H2,1-4H3,(H,24,26). The molecule has 0 bridgehead atoms. The van der Waals surface area contributed by atoms with Crippen LogP contribution in [0.15, 0.2) is 0 Å². The fourth-order valence-electron chi connectivity index (χ4n) is 4.45. The average molecular weight is 451 g/mol. The number of hydrogen-bond donors (Lipinski definition) is 1. The van der Waals surface area contributed by atoms with Gasteiger partial charge in [-0.15, -0.1) is 11.3 Å². The van der Waals surface area contributed by atoms with Gasteiger partial charge < -0.3 is 14.8 Å². The van der Waals surface area contributed by atoms with Crippen molar-refractivity contribution in [3.05, 3.63) is 16.0 Å². The Kier molecular flexibility index (Phi) is 8.11. The molecular weight excluding hydrogens is 416 g/mol. The highest BCUT2D eigenvalue weighted by atomic mass is 32.1. The lowest BCUT2D eigenvalue weighted by molar-refractivity contribution is -0.150. The Morgan fingerprint density at radius 3 is 2.65 bits per heavy atom. The van der Waals surface area contributed by atoms with Crippen molar-refractivity contribution in [2.45, 2.75) is 65.8 Å². The number of nitrogens with one attached hydrogen (secondary N) is 1. The molecule has 1 aromatic heterocycles. The van der Waals surface area contributed by atoms with Gasteiger partial charge in [0.1, 0.15) is 5.00 Å². The zero-order valence-electron chi connectivity index (χ0n) is 19.0. The van der Waals surface area contributed by atoms with E-state index in [-0.39, 0.29) is 23.8 Å². The lowest BCUT2D eigenvalue weighted by Crippen LogP contribution is -2.48. The van der Waals surface area contributed by atoms with Gasteiger partial charge in [-0.1, -0.05) is 6.92 Å². The van der Waals surface area contributed by atoms with E-state index in [1.807, 2.05) is 11.8 Å². The molecule has 8 heteroatoms. The van der Waals surface area contributed by atoms with Crippen LogP contribution in [0.1, 0.15) is 67.8 Å². The van der Waals surface area contributed by atoms with E-state index in [4.69, 9.17) is 9.47 Å². The Balaban J connectivity index is 1.75. The maximum atomic E-state index is 13.1. The molecule has 2 aliphatic rings. The van der Waals surface area contributed by atoms with E-state index in [1.54, 1.807) is 13.8 Å². The van der Waals surface area contributed by atoms with Crippen LogP contribution in [0.25, 0.3) is 0 Å². The quantitative estimate of drug-likeness (QED) is 0.639. The number of ether oxygens (including phenoxy) is 2. The van der Waals surface area contributed by atoms with Gasteiger partial charge in [0.15, 0.2) is 0 Å². The predicted octanol–water partition coefficient (Wildman–Crippen LogP) is 3.65. The first kappa shape index (κ1) is 23.7. The van der Waals surface area contributed by atoms with Crippen LogP contribution in [0.4, 0.5) is 5.00 Å². The van der Waals surface area contributed by atoms with Crippen LogP contribution < -0.4 is 5.32 Å². The number of rotatable bonds is 7. The SMILES string of the molecule is CCOC(=O)c1c(NC(=O)C(C)N2CCCC(C(=O)OCC)C2)sc2c1CCC(C)C2. The highest BCUT2D eigenvalue weighted by Crippen LogP contribution is 2.40. The Morgan fingerprint density at radius 1 is 1.19 bits per heavy atom. The van der Waals surface area contributed by atoms with Crippen LogP contribution >= 0.6 is 11.3 Å². The number of likely N-dealkylation sites (tertiary alicyclic amines) is 1. The summed E-state index contributed by atoms with van der Waals surface area (Å²) in [6.45, 7) is 9.58. The van der Waals surface area contributed by atoms with Crippen molar-refractivity contribution < 1.29 is 23.9 Å². The number of carbonyl (C=O) groups is 3. The molecule has 3 atom stereocenters. The summed E-state index contributed by atoms with van der Waals surface area (Å²) in [7, 11) is 0. The topological polar surface area (TPSA) is 84.9 Å². The average Bonchev–Trinajstić information content (AvgIpc) is 3.10. The highest BCUT2D eigenvalue weighted by molar-refractivity contribution is 7.17. The lowest BCUT2D eigenvalue weighted by atomic mass is 9.88. The van der Waals surface area contributed by atoms with E-state index in [9.17, 15) is 14.4 Å². The van der Waals surface area contributed by atoms with E-state index in [1.165, 1.54) is 16.2 Å². The molecule has 3 unspecified atom stereocenters. The van der Waals surface area contributed by atoms with Gasteiger partial charge in [-0.25, -0.2) is 4.79 Å².